The van der Waals surface area contributed by atoms with E-state index in [-0.39, 0.29) is 5.60 Å². The van der Waals surface area contributed by atoms with Crippen molar-refractivity contribution in [1.82, 2.24) is 4.90 Å². The van der Waals surface area contributed by atoms with E-state index in [4.69, 9.17) is 10.00 Å². The maximum absolute atomic E-state index is 8.79. The van der Waals surface area contributed by atoms with Gasteiger partial charge < -0.3 is 4.74 Å². The van der Waals surface area contributed by atoms with Crippen LogP contribution < -0.4 is 0 Å². The van der Waals surface area contributed by atoms with E-state index in [1.807, 2.05) is 0 Å². The van der Waals surface area contributed by atoms with Gasteiger partial charge in [-0.2, -0.15) is 5.26 Å². The third-order valence-electron chi connectivity index (χ3n) is 3.96. The molecule has 0 radical (unpaired) electrons. The number of nitrogens with zero attached hydrogens (tertiary/aromatic N) is 2. The molecule has 0 aliphatic carbocycles. The number of piperidine rings is 1. The first kappa shape index (κ1) is 11.9. The lowest BCUT2D eigenvalue weighted by Gasteiger charge is -2.49. The van der Waals surface area contributed by atoms with Crippen LogP contribution in [0.15, 0.2) is 0 Å². The molecule has 3 nitrogen and oxygen atoms in total. The highest BCUT2D eigenvalue weighted by Crippen LogP contribution is 2.44. The molecular formula is C13H22N2O. The molecular weight excluding hydrogens is 200 g/mol. The van der Waals surface area contributed by atoms with Crippen molar-refractivity contribution in [3.05, 3.63) is 0 Å². The average Bonchev–Trinajstić information content (AvgIpc) is 2.16. The summed E-state index contributed by atoms with van der Waals surface area (Å²) in [5.74, 6) is 0. The number of nitriles is 1. The molecule has 2 aliphatic heterocycles. The Balaban J connectivity index is 2.04. The summed E-state index contributed by atoms with van der Waals surface area (Å²) < 4.78 is 5.80. The van der Waals surface area contributed by atoms with Gasteiger partial charge in [-0.05, 0) is 51.5 Å². The monoisotopic (exact) mass is 222 g/mol. The Bertz CT molecular complexity index is 291. The Labute approximate surface area is 98.4 Å². The zero-order chi connectivity index (χ0) is 11.6. The molecule has 2 heterocycles. The third kappa shape index (κ3) is 2.56. The molecule has 2 aliphatic rings. The Morgan fingerprint density at radius 2 is 2.19 bits per heavy atom. The highest BCUT2D eigenvalue weighted by Gasteiger charge is 2.43. The Hall–Kier alpha value is -0.590. The lowest BCUT2D eigenvalue weighted by molar-refractivity contribution is -0.121. The predicted molar refractivity (Wildman–Crippen MR) is 63.0 cm³/mol. The molecule has 3 heteroatoms. The van der Waals surface area contributed by atoms with Crippen molar-refractivity contribution in [1.29, 1.82) is 5.26 Å². The number of rotatable bonds is 1. The van der Waals surface area contributed by atoms with Gasteiger partial charge in [-0.3, -0.25) is 4.90 Å². The van der Waals surface area contributed by atoms with Gasteiger partial charge in [-0.25, -0.2) is 0 Å². The van der Waals surface area contributed by atoms with Gasteiger partial charge in [0.1, 0.15) is 0 Å². The second kappa shape index (κ2) is 4.35. The first-order valence-electron chi connectivity index (χ1n) is 6.29. The molecule has 0 aromatic rings. The molecule has 1 spiro atoms. The topological polar surface area (TPSA) is 36.3 Å². The summed E-state index contributed by atoms with van der Waals surface area (Å²) in [6, 6.07) is 2.27. The molecule has 2 fully saturated rings. The molecule has 0 saturated carbocycles. The first-order chi connectivity index (χ1) is 7.55. The van der Waals surface area contributed by atoms with E-state index in [1.54, 1.807) is 0 Å². The van der Waals surface area contributed by atoms with E-state index in [0.717, 1.165) is 26.1 Å². The van der Waals surface area contributed by atoms with Crippen molar-refractivity contribution in [2.24, 2.45) is 5.41 Å². The summed E-state index contributed by atoms with van der Waals surface area (Å²) in [5.41, 5.74) is 0.435. The van der Waals surface area contributed by atoms with Crippen molar-refractivity contribution >= 4 is 0 Å². The van der Waals surface area contributed by atoms with Crippen molar-refractivity contribution in [2.45, 2.75) is 45.1 Å². The number of hydrogen-bond donors (Lipinski definition) is 0. The highest BCUT2D eigenvalue weighted by atomic mass is 16.5. The molecule has 90 valence electrons. The predicted octanol–water partition coefficient (Wildman–Crippen LogP) is 2.18. The van der Waals surface area contributed by atoms with Crippen LogP contribution in [0, 0.1) is 16.7 Å². The second-order valence-corrected chi connectivity index (χ2v) is 6.01. The second-order valence-electron chi connectivity index (χ2n) is 6.01. The van der Waals surface area contributed by atoms with Crippen LogP contribution in [0.4, 0.5) is 0 Å². The summed E-state index contributed by atoms with van der Waals surface area (Å²) in [6.45, 7) is 8.04. The fourth-order valence-corrected chi connectivity index (χ4v) is 3.48. The fourth-order valence-electron chi connectivity index (χ4n) is 3.48. The molecule has 0 bridgehead atoms. The van der Waals surface area contributed by atoms with Crippen LogP contribution in [0.1, 0.15) is 39.5 Å². The van der Waals surface area contributed by atoms with Crippen LogP contribution in [0.5, 0.6) is 0 Å². The summed E-state index contributed by atoms with van der Waals surface area (Å²) in [7, 11) is 0. The Morgan fingerprint density at radius 1 is 1.38 bits per heavy atom. The quantitative estimate of drug-likeness (QED) is 0.638. The van der Waals surface area contributed by atoms with E-state index in [9.17, 15) is 0 Å². The Morgan fingerprint density at radius 3 is 2.88 bits per heavy atom. The van der Waals surface area contributed by atoms with Crippen LogP contribution in [0.2, 0.25) is 0 Å². The molecule has 2 saturated heterocycles. The third-order valence-corrected chi connectivity index (χ3v) is 3.96. The summed E-state index contributed by atoms with van der Waals surface area (Å²) in [5, 5.41) is 8.79. The number of likely N-dealkylation sites (tertiary alicyclic amines) is 1. The van der Waals surface area contributed by atoms with Gasteiger partial charge in [-0.1, -0.05) is 0 Å². The number of hydrogen-bond acceptors (Lipinski definition) is 3. The number of ether oxygens (including phenoxy) is 1. The van der Waals surface area contributed by atoms with Gasteiger partial charge in [0.05, 0.1) is 18.2 Å². The maximum Gasteiger partial charge on any atom is 0.0866 e. The van der Waals surface area contributed by atoms with Crippen LogP contribution >= 0.6 is 0 Å². The van der Waals surface area contributed by atoms with E-state index in [1.165, 1.54) is 19.3 Å². The van der Waals surface area contributed by atoms with Crippen molar-refractivity contribution in [3.8, 4) is 6.07 Å². The van der Waals surface area contributed by atoms with Crippen LogP contribution in [-0.4, -0.2) is 36.7 Å². The van der Waals surface area contributed by atoms with Gasteiger partial charge in [0.2, 0.25) is 0 Å². The summed E-state index contributed by atoms with van der Waals surface area (Å²) >= 11 is 0. The zero-order valence-electron chi connectivity index (χ0n) is 10.5. The van der Waals surface area contributed by atoms with Crippen molar-refractivity contribution < 1.29 is 4.74 Å². The molecule has 0 aromatic carbocycles. The average molecular weight is 222 g/mol. The Kier molecular flexibility index (Phi) is 3.23. The van der Waals surface area contributed by atoms with Crippen LogP contribution in [0.3, 0.4) is 0 Å². The van der Waals surface area contributed by atoms with E-state index < -0.39 is 0 Å². The molecule has 1 atom stereocenters. The largest absolute Gasteiger partial charge is 0.376 e. The normalized spacial score (nSPS) is 34.8. The molecule has 0 unspecified atom stereocenters. The lowest BCUT2D eigenvalue weighted by Crippen LogP contribution is -2.50. The summed E-state index contributed by atoms with van der Waals surface area (Å²) in [4.78, 5) is 2.31. The fraction of sp³-hybridized carbons (Fsp3) is 0.923. The zero-order valence-corrected chi connectivity index (χ0v) is 10.5. The summed E-state index contributed by atoms with van der Waals surface area (Å²) in [6.07, 6.45) is 4.85. The standard InChI is InChI=1S/C13H22N2O/c1-12(2)10-13(5-9-16-12)4-3-7-15(11-13)8-6-14/h3-5,7-11H2,1-2H3/t13-/m1/s1. The highest BCUT2D eigenvalue weighted by molar-refractivity contribution is 4.96. The first-order valence-corrected chi connectivity index (χ1v) is 6.29. The molecule has 0 N–H and O–H groups in total. The lowest BCUT2D eigenvalue weighted by atomic mass is 9.69. The van der Waals surface area contributed by atoms with Crippen molar-refractivity contribution in [3.63, 3.8) is 0 Å². The smallest absolute Gasteiger partial charge is 0.0866 e. The minimum absolute atomic E-state index is 0.0217. The van der Waals surface area contributed by atoms with Crippen LogP contribution in [-0.2, 0) is 4.74 Å². The molecule has 0 aromatic heterocycles. The van der Waals surface area contributed by atoms with Gasteiger partial charge in [0, 0.05) is 13.2 Å². The van der Waals surface area contributed by atoms with Gasteiger partial charge >= 0.3 is 0 Å². The van der Waals surface area contributed by atoms with E-state index in [2.05, 4.69) is 24.8 Å². The minimum atomic E-state index is 0.0217. The van der Waals surface area contributed by atoms with Crippen LogP contribution in [0.25, 0.3) is 0 Å². The molecule has 2 rings (SSSR count). The SMILES string of the molecule is CC1(C)C[C@@]2(CCCN(CC#N)C2)CCO1. The maximum atomic E-state index is 8.79. The molecule has 16 heavy (non-hydrogen) atoms. The van der Waals surface area contributed by atoms with E-state index >= 15 is 0 Å². The van der Waals surface area contributed by atoms with Crippen molar-refractivity contribution in [2.75, 3.05) is 26.2 Å². The van der Waals surface area contributed by atoms with Gasteiger partial charge in [0.15, 0.2) is 0 Å². The van der Waals surface area contributed by atoms with E-state index in [0.29, 0.717) is 12.0 Å². The molecule has 0 amide bonds. The van der Waals surface area contributed by atoms with Gasteiger partial charge in [-0.15, -0.1) is 0 Å². The minimum Gasteiger partial charge on any atom is -0.376 e. The van der Waals surface area contributed by atoms with Gasteiger partial charge in [0.25, 0.3) is 0 Å².